The predicted molar refractivity (Wildman–Crippen MR) is 71.1 cm³/mol. The van der Waals surface area contributed by atoms with Crippen molar-refractivity contribution in [3.63, 3.8) is 0 Å². The molecular formula is C13H8Cl2N2. The van der Waals surface area contributed by atoms with Crippen LogP contribution in [0.1, 0.15) is 0 Å². The van der Waals surface area contributed by atoms with Crippen LogP contribution in [-0.4, -0.2) is 9.55 Å². The third-order valence-electron chi connectivity index (χ3n) is 2.67. The van der Waals surface area contributed by atoms with E-state index in [2.05, 4.69) is 11.1 Å². The molecule has 0 unspecified atom stereocenters. The van der Waals surface area contributed by atoms with Crippen LogP contribution in [-0.2, 0) is 0 Å². The molecule has 0 amide bonds. The van der Waals surface area contributed by atoms with Crippen LogP contribution in [0.4, 0.5) is 0 Å². The van der Waals surface area contributed by atoms with Gasteiger partial charge in [-0.15, -0.1) is 0 Å². The highest BCUT2D eigenvalue weighted by Gasteiger charge is 2.10. The van der Waals surface area contributed by atoms with Gasteiger partial charge in [-0.05, 0) is 17.5 Å². The maximum absolute atomic E-state index is 6.15. The second-order valence-electron chi connectivity index (χ2n) is 3.70. The van der Waals surface area contributed by atoms with Crippen LogP contribution in [0.25, 0.3) is 16.6 Å². The average molecular weight is 263 g/mol. The van der Waals surface area contributed by atoms with Crippen molar-refractivity contribution in [3.05, 3.63) is 59.0 Å². The van der Waals surface area contributed by atoms with E-state index in [0.29, 0.717) is 10.0 Å². The van der Waals surface area contributed by atoms with Crippen molar-refractivity contribution in [1.29, 1.82) is 0 Å². The number of para-hydroxylation sites is 1. The molecule has 17 heavy (non-hydrogen) atoms. The number of pyridine rings is 1. The summed E-state index contributed by atoms with van der Waals surface area (Å²) in [4.78, 5) is 3.96. The fraction of sp³-hybridized carbons (Fsp3) is 0. The SMILES string of the molecule is Clc1cncc(Cl)c1-n1ccc2ccccc21. The fourth-order valence-corrected chi connectivity index (χ4v) is 2.46. The Morgan fingerprint density at radius 2 is 1.65 bits per heavy atom. The van der Waals surface area contributed by atoms with Gasteiger partial charge in [0, 0.05) is 18.6 Å². The van der Waals surface area contributed by atoms with Crippen LogP contribution in [0, 0.1) is 0 Å². The number of aromatic nitrogens is 2. The quantitative estimate of drug-likeness (QED) is 0.638. The summed E-state index contributed by atoms with van der Waals surface area (Å²) in [7, 11) is 0. The molecule has 2 aromatic heterocycles. The second kappa shape index (κ2) is 4.06. The van der Waals surface area contributed by atoms with Gasteiger partial charge in [0.1, 0.15) is 0 Å². The lowest BCUT2D eigenvalue weighted by molar-refractivity contribution is 1.11. The molecule has 0 saturated heterocycles. The first-order chi connectivity index (χ1) is 8.27. The molecule has 0 bridgehead atoms. The molecule has 3 aromatic rings. The van der Waals surface area contributed by atoms with Gasteiger partial charge in [-0.2, -0.15) is 0 Å². The van der Waals surface area contributed by atoms with E-state index in [0.717, 1.165) is 16.6 Å². The largest absolute Gasteiger partial charge is 0.314 e. The standard InChI is InChI=1S/C13H8Cl2N2/c14-10-7-16-8-11(15)13(10)17-6-5-9-3-1-2-4-12(9)17/h1-8H. The molecule has 3 rings (SSSR count). The van der Waals surface area contributed by atoms with Gasteiger partial charge in [-0.25, -0.2) is 0 Å². The van der Waals surface area contributed by atoms with Crippen molar-refractivity contribution in [2.45, 2.75) is 0 Å². The van der Waals surface area contributed by atoms with E-state index in [-0.39, 0.29) is 0 Å². The van der Waals surface area contributed by atoms with Gasteiger partial charge in [-0.3, -0.25) is 4.98 Å². The maximum Gasteiger partial charge on any atom is 0.0862 e. The Morgan fingerprint density at radius 3 is 2.41 bits per heavy atom. The molecule has 0 spiro atoms. The first kappa shape index (κ1) is 10.6. The minimum absolute atomic E-state index is 0.541. The van der Waals surface area contributed by atoms with E-state index in [9.17, 15) is 0 Å². The Bertz CT molecular complexity index is 668. The van der Waals surface area contributed by atoms with E-state index < -0.39 is 0 Å². The molecule has 0 N–H and O–H groups in total. The van der Waals surface area contributed by atoms with Crippen molar-refractivity contribution in [1.82, 2.24) is 9.55 Å². The average Bonchev–Trinajstić information content (AvgIpc) is 2.73. The van der Waals surface area contributed by atoms with Crippen LogP contribution in [0.3, 0.4) is 0 Å². The van der Waals surface area contributed by atoms with Crippen molar-refractivity contribution < 1.29 is 0 Å². The van der Waals surface area contributed by atoms with Crippen LogP contribution in [0.2, 0.25) is 10.0 Å². The number of nitrogens with zero attached hydrogens (tertiary/aromatic N) is 2. The molecule has 4 heteroatoms. The summed E-state index contributed by atoms with van der Waals surface area (Å²) in [6.07, 6.45) is 5.15. The molecule has 0 atom stereocenters. The summed E-state index contributed by atoms with van der Waals surface area (Å²) in [6, 6.07) is 10.1. The second-order valence-corrected chi connectivity index (χ2v) is 4.51. The molecule has 0 saturated carbocycles. The highest BCUT2D eigenvalue weighted by Crippen LogP contribution is 2.30. The lowest BCUT2D eigenvalue weighted by atomic mass is 10.2. The molecule has 84 valence electrons. The lowest BCUT2D eigenvalue weighted by Gasteiger charge is -2.09. The van der Waals surface area contributed by atoms with Crippen LogP contribution < -0.4 is 0 Å². The number of benzene rings is 1. The Balaban J connectivity index is 2.35. The zero-order valence-electron chi connectivity index (χ0n) is 8.77. The first-order valence-corrected chi connectivity index (χ1v) is 5.88. The normalized spacial score (nSPS) is 10.9. The van der Waals surface area contributed by atoms with Gasteiger partial charge < -0.3 is 4.57 Å². The first-order valence-electron chi connectivity index (χ1n) is 5.13. The number of halogens is 2. The van der Waals surface area contributed by atoms with Gasteiger partial charge in [0.05, 0.1) is 21.2 Å². The number of hydrogen-bond donors (Lipinski definition) is 0. The summed E-state index contributed by atoms with van der Waals surface area (Å²) < 4.78 is 1.97. The third kappa shape index (κ3) is 1.70. The topological polar surface area (TPSA) is 17.8 Å². The summed E-state index contributed by atoms with van der Waals surface area (Å²) in [5.74, 6) is 0. The van der Waals surface area contributed by atoms with E-state index in [1.54, 1.807) is 12.4 Å². The van der Waals surface area contributed by atoms with E-state index in [1.807, 2.05) is 35.0 Å². The van der Waals surface area contributed by atoms with E-state index in [4.69, 9.17) is 23.2 Å². The van der Waals surface area contributed by atoms with Gasteiger partial charge in [-0.1, -0.05) is 41.4 Å². The Labute approximate surface area is 108 Å². The minimum atomic E-state index is 0.541. The summed E-state index contributed by atoms with van der Waals surface area (Å²) in [5, 5.41) is 2.23. The molecule has 0 aliphatic carbocycles. The number of fused-ring (bicyclic) bond motifs is 1. The zero-order valence-corrected chi connectivity index (χ0v) is 10.3. The van der Waals surface area contributed by atoms with Gasteiger partial charge in [0.15, 0.2) is 0 Å². The van der Waals surface area contributed by atoms with Crippen LogP contribution in [0.5, 0.6) is 0 Å². The summed E-state index contributed by atoms with van der Waals surface area (Å²) in [5.41, 5.74) is 1.84. The molecule has 0 aliphatic heterocycles. The molecule has 0 radical (unpaired) electrons. The molecule has 2 nitrogen and oxygen atoms in total. The van der Waals surface area contributed by atoms with Crippen molar-refractivity contribution in [3.8, 4) is 5.69 Å². The molecule has 2 heterocycles. The smallest absolute Gasteiger partial charge is 0.0862 e. The molecule has 0 aliphatic rings. The van der Waals surface area contributed by atoms with Gasteiger partial charge in [0.2, 0.25) is 0 Å². The van der Waals surface area contributed by atoms with E-state index >= 15 is 0 Å². The van der Waals surface area contributed by atoms with Crippen molar-refractivity contribution >= 4 is 34.1 Å². The number of hydrogen-bond acceptors (Lipinski definition) is 1. The van der Waals surface area contributed by atoms with Gasteiger partial charge >= 0.3 is 0 Å². The van der Waals surface area contributed by atoms with Crippen LogP contribution in [0.15, 0.2) is 48.9 Å². The van der Waals surface area contributed by atoms with Crippen molar-refractivity contribution in [2.75, 3.05) is 0 Å². The highest BCUT2D eigenvalue weighted by atomic mass is 35.5. The molecular weight excluding hydrogens is 255 g/mol. The van der Waals surface area contributed by atoms with E-state index in [1.165, 1.54) is 0 Å². The zero-order chi connectivity index (χ0) is 11.8. The molecule has 1 aromatic carbocycles. The fourth-order valence-electron chi connectivity index (χ4n) is 1.91. The summed E-state index contributed by atoms with van der Waals surface area (Å²) in [6.45, 7) is 0. The Morgan fingerprint density at radius 1 is 0.941 bits per heavy atom. The number of rotatable bonds is 1. The van der Waals surface area contributed by atoms with Crippen LogP contribution >= 0.6 is 23.2 Å². The Hall–Kier alpha value is -1.51. The van der Waals surface area contributed by atoms with Crippen molar-refractivity contribution in [2.24, 2.45) is 0 Å². The lowest BCUT2D eigenvalue weighted by Crippen LogP contribution is -1.95. The maximum atomic E-state index is 6.15. The minimum Gasteiger partial charge on any atom is -0.314 e. The molecule has 0 fully saturated rings. The predicted octanol–water partition coefficient (Wildman–Crippen LogP) is 4.33. The van der Waals surface area contributed by atoms with Gasteiger partial charge in [0.25, 0.3) is 0 Å². The summed E-state index contributed by atoms with van der Waals surface area (Å²) >= 11 is 12.3. The third-order valence-corrected chi connectivity index (χ3v) is 3.22. The monoisotopic (exact) mass is 262 g/mol. The highest BCUT2D eigenvalue weighted by molar-refractivity contribution is 6.37. The Kier molecular flexibility index (Phi) is 2.54.